The lowest BCUT2D eigenvalue weighted by atomic mass is 9.49. The minimum absolute atomic E-state index is 0.0891. The van der Waals surface area contributed by atoms with Crippen molar-refractivity contribution in [3.8, 4) is 5.75 Å². The summed E-state index contributed by atoms with van der Waals surface area (Å²) in [5.41, 5.74) is 2.59. The van der Waals surface area contributed by atoms with Gasteiger partial charge < -0.3 is 21.1 Å². The van der Waals surface area contributed by atoms with Crippen molar-refractivity contribution < 1.29 is 39.3 Å². The van der Waals surface area contributed by atoms with E-state index in [1.165, 1.54) is 19.0 Å². The molecule has 0 bridgehead atoms. The van der Waals surface area contributed by atoms with E-state index < -0.39 is 81.8 Å². The molecule has 0 aromatic heterocycles. The van der Waals surface area contributed by atoms with Gasteiger partial charge in [0, 0.05) is 5.92 Å². The monoisotopic (exact) mass is 500 g/mol. The SMILES string of the molecule is CC1c2ccc(C(C)(C)C)c(O)c2C(=O)C2C(=O)C3(O)C(=O)C(C(N)=O)C(=O)C(N(C)C)C3C(O)C21. The lowest BCUT2D eigenvalue weighted by Crippen LogP contribution is -2.77. The van der Waals surface area contributed by atoms with Gasteiger partial charge in [-0.15, -0.1) is 0 Å². The Kier molecular flexibility index (Phi) is 5.82. The fourth-order valence-electron chi connectivity index (χ4n) is 6.59. The molecule has 2 saturated carbocycles. The summed E-state index contributed by atoms with van der Waals surface area (Å²) in [7, 11) is 2.91. The molecule has 0 spiro atoms. The number of fused-ring (bicyclic) bond motifs is 3. The third-order valence-corrected chi connectivity index (χ3v) is 8.30. The van der Waals surface area contributed by atoms with Crippen molar-refractivity contribution in [2.24, 2.45) is 29.4 Å². The van der Waals surface area contributed by atoms with E-state index in [-0.39, 0.29) is 11.3 Å². The molecule has 0 radical (unpaired) electrons. The van der Waals surface area contributed by atoms with Gasteiger partial charge in [-0.25, -0.2) is 0 Å². The number of nitrogens with two attached hydrogens (primary N) is 1. The number of carbonyl (C=O) groups is 5. The third-order valence-electron chi connectivity index (χ3n) is 8.30. The number of carbonyl (C=O) groups excluding carboxylic acids is 5. The van der Waals surface area contributed by atoms with Crippen LogP contribution in [-0.4, -0.2) is 81.1 Å². The quantitative estimate of drug-likeness (QED) is 0.397. The third kappa shape index (κ3) is 3.17. The van der Waals surface area contributed by atoms with Gasteiger partial charge in [-0.1, -0.05) is 39.8 Å². The van der Waals surface area contributed by atoms with E-state index in [1.807, 2.05) is 20.8 Å². The highest BCUT2D eigenvalue weighted by molar-refractivity contribution is 6.32. The number of likely N-dealkylation sites (N-methyl/N-ethyl adjacent to an activating group) is 1. The van der Waals surface area contributed by atoms with Gasteiger partial charge in [0.25, 0.3) is 0 Å². The molecule has 4 rings (SSSR count). The smallest absolute Gasteiger partial charge is 0.235 e. The van der Waals surface area contributed by atoms with Crippen LogP contribution < -0.4 is 5.73 Å². The zero-order chi connectivity index (χ0) is 27.2. The van der Waals surface area contributed by atoms with Gasteiger partial charge in [-0.2, -0.15) is 0 Å². The van der Waals surface area contributed by atoms with Crippen molar-refractivity contribution in [3.05, 3.63) is 28.8 Å². The van der Waals surface area contributed by atoms with Gasteiger partial charge in [0.15, 0.2) is 34.7 Å². The minimum atomic E-state index is -2.99. The number of aromatic hydroxyl groups is 1. The second-order valence-electron chi connectivity index (χ2n) is 11.5. The Bertz CT molecular complexity index is 1220. The fourth-order valence-corrected chi connectivity index (χ4v) is 6.59. The maximum Gasteiger partial charge on any atom is 0.235 e. The zero-order valence-electron chi connectivity index (χ0n) is 21.1. The predicted molar refractivity (Wildman–Crippen MR) is 126 cm³/mol. The number of aliphatic hydroxyl groups excluding tert-OH is 1. The van der Waals surface area contributed by atoms with Crippen LogP contribution in [0.4, 0.5) is 0 Å². The first kappa shape index (κ1) is 26.1. The van der Waals surface area contributed by atoms with Gasteiger partial charge in [-0.3, -0.25) is 28.9 Å². The van der Waals surface area contributed by atoms with Crippen molar-refractivity contribution >= 4 is 29.0 Å². The molecule has 1 aromatic carbocycles. The van der Waals surface area contributed by atoms with Crippen LogP contribution in [0.2, 0.25) is 0 Å². The summed E-state index contributed by atoms with van der Waals surface area (Å²) < 4.78 is 0. The first-order valence-corrected chi connectivity index (χ1v) is 11.9. The number of ketones is 4. The van der Waals surface area contributed by atoms with E-state index >= 15 is 0 Å². The average Bonchev–Trinajstić information content (AvgIpc) is 2.75. The van der Waals surface area contributed by atoms with Gasteiger partial charge in [0.05, 0.1) is 29.5 Å². The molecule has 2 fully saturated rings. The Morgan fingerprint density at radius 2 is 1.67 bits per heavy atom. The zero-order valence-corrected chi connectivity index (χ0v) is 21.1. The Morgan fingerprint density at radius 3 is 2.17 bits per heavy atom. The molecule has 0 saturated heterocycles. The maximum atomic E-state index is 13.9. The number of benzene rings is 1. The summed E-state index contributed by atoms with van der Waals surface area (Å²) in [4.78, 5) is 67.6. The second kappa shape index (κ2) is 8.03. The van der Waals surface area contributed by atoms with E-state index in [0.29, 0.717) is 11.1 Å². The number of hydrogen-bond acceptors (Lipinski definition) is 9. The molecule has 0 heterocycles. The molecular weight excluding hydrogens is 468 g/mol. The first-order chi connectivity index (χ1) is 16.5. The lowest BCUT2D eigenvalue weighted by Gasteiger charge is -2.56. The number of amides is 1. The van der Waals surface area contributed by atoms with Crippen LogP contribution in [-0.2, 0) is 24.6 Å². The van der Waals surface area contributed by atoms with Crippen molar-refractivity contribution in [1.29, 1.82) is 0 Å². The molecule has 10 heteroatoms. The summed E-state index contributed by atoms with van der Waals surface area (Å²) in [6.07, 6.45) is -1.64. The molecule has 1 amide bonds. The molecule has 36 heavy (non-hydrogen) atoms. The molecule has 3 aliphatic rings. The predicted octanol–water partition coefficient (Wildman–Crippen LogP) is -0.304. The van der Waals surface area contributed by atoms with Crippen LogP contribution in [0.15, 0.2) is 12.1 Å². The number of primary amides is 1. The molecule has 5 N–H and O–H groups in total. The van der Waals surface area contributed by atoms with Gasteiger partial charge in [0.1, 0.15) is 5.75 Å². The van der Waals surface area contributed by atoms with Crippen LogP contribution >= 0.6 is 0 Å². The Labute approximate surface area is 208 Å². The van der Waals surface area contributed by atoms with Gasteiger partial charge in [-0.05, 0) is 36.6 Å². The maximum absolute atomic E-state index is 13.9. The highest BCUT2D eigenvalue weighted by atomic mass is 16.3. The molecule has 0 aliphatic heterocycles. The molecule has 10 nitrogen and oxygen atoms in total. The van der Waals surface area contributed by atoms with E-state index in [9.17, 15) is 39.3 Å². The summed E-state index contributed by atoms with van der Waals surface area (Å²) >= 11 is 0. The normalized spacial score (nSPS) is 36.4. The first-order valence-electron chi connectivity index (χ1n) is 11.9. The number of phenols is 1. The molecule has 1 aromatic rings. The van der Waals surface area contributed by atoms with E-state index in [1.54, 1.807) is 19.1 Å². The number of Topliss-reactive ketones (excluding diaryl/α,β-unsaturated/α-hetero) is 4. The minimum Gasteiger partial charge on any atom is -0.507 e. The largest absolute Gasteiger partial charge is 0.507 e. The average molecular weight is 501 g/mol. The van der Waals surface area contributed by atoms with E-state index in [4.69, 9.17) is 5.73 Å². The van der Waals surface area contributed by atoms with Crippen LogP contribution in [0.1, 0.15) is 55.1 Å². The van der Waals surface area contributed by atoms with Crippen molar-refractivity contribution in [3.63, 3.8) is 0 Å². The summed E-state index contributed by atoms with van der Waals surface area (Å²) in [5.74, 6) is -13.1. The molecule has 3 aliphatic carbocycles. The van der Waals surface area contributed by atoms with Gasteiger partial charge >= 0.3 is 0 Å². The topological polar surface area (TPSA) is 175 Å². The summed E-state index contributed by atoms with van der Waals surface area (Å²) in [6, 6.07) is 1.99. The Morgan fingerprint density at radius 1 is 1.08 bits per heavy atom. The lowest BCUT2D eigenvalue weighted by molar-refractivity contribution is -0.196. The number of rotatable bonds is 2. The molecular formula is C26H32N2O8. The molecule has 194 valence electrons. The van der Waals surface area contributed by atoms with Crippen LogP contribution in [0.3, 0.4) is 0 Å². The van der Waals surface area contributed by atoms with Crippen molar-refractivity contribution in [2.45, 2.75) is 56.8 Å². The number of aliphatic hydroxyl groups is 2. The summed E-state index contributed by atoms with van der Waals surface area (Å²) in [5, 5.41) is 34.3. The van der Waals surface area contributed by atoms with Crippen molar-refractivity contribution in [1.82, 2.24) is 4.90 Å². The Hall–Kier alpha value is -2.95. The number of phenolic OH excluding ortho intramolecular Hbond substituents is 1. The van der Waals surface area contributed by atoms with E-state index in [2.05, 4.69) is 0 Å². The standard InChI is InChI=1S/C26H32N2O8/c1-9-10-7-8-11(25(2,3)4)18(29)13(10)19(30)14-12(9)20(31)16-17(28(5)6)21(32)15(24(27)35)23(34)26(16,36)22(14)33/h7-9,12,14-17,20,29,31,36H,1-6H3,(H2,27,35). The number of hydrogen-bond donors (Lipinski definition) is 4. The van der Waals surface area contributed by atoms with Crippen LogP contribution in [0.25, 0.3) is 0 Å². The Balaban J connectivity index is 1.96. The van der Waals surface area contributed by atoms with Crippen LogP contribution in [0, 0.1) is 23.7 Å². The van der Waals surface area contributed by atoms with E-state index in [0.717, 1.165) is 0 Å². The molecule has 8 unspecified atom stereocenters. The van der Waals surface area contributed by atoms with Crippen molar-refractivity contribution in [2.75, 3.05) is 14.1 Å². The molecule has 8 atom stereocenters. The second-order valence-corrected chi connectivity index (χ2v) is 11.5. The highest BCUT2D eigenvalue weighted by Gasteiger charge is 2.72. The van der Waals surface area contributed by atoms with Gasteiger partial charge in [0.2, 0.25) is 5.91 Å². The fraction of sp³-hybridized carbons (Fsp3) is 0.577. The highest BCUT2D eigenvalue weighted by Crippen LogP contribution is 2.55. The number of nitrogens with zero attached hydrogens (tertiary/aromatic N) is 1. The summed E-state index contributed by atoms with van der Waals surface area (Å²) in [6.45, 7) is 7.23. The van der Waals surface area contributed by atoms with Crippen LogP contribution in [0.5, 0.6) is 5.75 Å².